The van der Waals surface area contributed by atoms with Crippen LogP contribution >= 0.6 is 11.3 Å². The van der Waals surface area contributed by atoms with Crippen LogP contribution in [0, 0.1) is 0 Å². The molecule has 3 nitrogen and oxygen atoms in total. The van der Waals surface area contributed by atoms with Gasteiger partial charge in [0.25, 0.3) is 0 Å². The molecule has 1 atom stereocenters. The fraction of sp³-hybridized carbons (Fsp3) is 0.625. The van der Waals surface area contributed by atoms with Crippen molar-refractivity contribution in [2.45, 2.75) is 18.9 Å². The Morgan fingerprint density at radius 3 is 3.25 bits per heavy atom. The van der Waals surface area contributed by atoms with Gasteiger partial charge in [0, 0.05) is 12.4 Å². The minimum absolute atomic E-state index is 0.503. The number of hydrogen-bond acceptors (Lipinski definition) is 4. The molecule has 2 rings (SSSR count). The van der Waals surface area contributed by atoms with Gasteiger partial charge >= 0.3 is 0 Å². The van der Waals surface area contributed by atoms with E-state index >= 15 is 0 Å². The van der Waals surface area contributed by atoms with Crippen molar-refractivity contribution in [3.8, 4) is 0 Å². The number of thiazole rings is 1. The summed E-state index contributed by atoms with van der Waals surface area (Å²) in [5.41, 5.74) is 1.20. The van der Waals surface area contributed by atoms with Crippen LogP contribution in [0.5, 0.6) is 0 Å². The van der Waals surface area contributed by atoms with E-state index in [-0.39, 0.29) is 0 Å². The Morgan fingerprint density at radius 1 is 1.75 bits per heavy atom. The van der Waals surface area contributed by atoms with Gasteiger partial charge in [0.05, 0.1) is 11.7 Å². The normalized spacial score (nSPS) is 22.9. The van der Waals surface area contributed by atoms with E-state index in [1.165, 1.54) is 18.5 Å². The fourth-order valence-electron chi connectivity index (χ4n) is 1.50. The summed E-state index contributed by atoms with van der Waals surface area (Å²) in [6.45, 7) is 1.14. The molecule has 12 heavy (non-hydrogen) atoms. The molecule has 1 aromatic rings. The summed E-state index contributed by atoms with van der Waals surface area (Å²) >= 11 is 1.67. The maximum absolute atomic E-state index is 4.46. The molecule has 2 N–H and O–H groups in total. The first-order valence-corrected chi connectivity index (χ1v) is 5.14. The molecule has 2 heterocycles. The van der Waals surface area contributed by atoms with Gasteiger partial charge in [-0.3, -0.25) is 0 Å². The van der Waals surface area contributed by atoms with E-state index in [4.69, 9.17) is 0 Å². The quantitative estimate of drug-likeness (QED) is 0.731. The monoisotopic (exact) mass is 183 g/mol. The molecule has 0 bridgehead atoms. The van der Waals surface area contributed by atoms with Crippen molar-refractivity contribution >= 4 is 16.5 Å². The zero-order valence-electron chi connectivity index (χ0n) is 7.13. The van der Waals surface area contributed by atoms with Crippen molar-refractivity contribution in [1.29, 1.82) is 0 Å². The number of nitrogens with one attached hydrogen (secondary N) is 2. The summed E-state index contributed by atoms with van der Waals surface area (Å²) in [6.07, 6.45) is 2.50. The first kappa shape index (κ1) is 8.01. The molecule has 1 aromatic heterocycles. The first-order chi connectivity index (χ1) is 5.90. The highest BCUT2D eigenvalue weighted by atomic mass is 32.1. The molecule has 0 radical (unpaired) electrons. The van der Waals surface area contributed by atoms with Crippen LogP contribution in [0.2, 0.25) is 0 Å². The van der Waals surface area contributed by atoms with E-state index in [1.54, 1.807) is 11.3 Å². The summed E-state index contributed by atoms with van der Waals surface area (Å²) < 4.78 is 0. The van der Waals surface area contributed by atoms with Crippen molar-refractivity contribution in [3.63, 3.8) is 0 Å². The molecule has 0 amide bonds. The predicted octanol–water partition coefficient (Wildman–Crippen LogP) is 1.61. The van der Waals surface area contributed by atoms with Crippen molar-refractivity contribution in [2.75, 3.05) is 18.9 Å². The van der Waals surface area contributed by atoms with Crippen LogP contribution < -0.4 is 10.6 Å². The lowest BCUT2D eigenvalue weighted by atomic mass is 10.2. The van der Waals surface area contributed by atoms with Gasteiger partial charge in [-0.2, -0.15) is 0 Å². The number of anilines is 1. The third-order valence-corrected chi connectivity index (χ3v) is 3.03. The number of rotatable bonds is 2. The maximum Gasteiger partial charge on any atom is 0.182 e. The van der Waals surface area contributed by atoms with Gasteiger partial charge in [0.1, 0.15) is 0 Å². The van der Waals surface area contributed by atoms with Crippen molar-refractivity contribution < 1.29 is 0 Å². The summed E-state index contributed by atoms with van der Waals surface area (Å²) in [4.78, 5) is 4.46. The third kappa shape index (κ3) is 1.44. The molecule has 1 aliphatic rings. The van der Waals surface area contributed by atoms with Crippen molar-refractivity contribution in [1.82, 2.24) is 10.3 Å². The van der Waals surface area contributed by atoms with Gasteiger partial charge < -0.3 is 10.6 Å². The smallest absolute Gasteiger partial charge is 0.182 e. The summed E-state index contributed by atoms with van der Waals surface area (Å²) in [6, 6.07) is 0.503. The topological polar surface area (TPSA) is 37.0 Å². The van der Waals surface area contributed by atoms with Crippen molar-refractivity contribution in [3.05, 3.63) is 11.1 Å². The largest absolute Gasteiger partial charge is 0.365 e. The maximum atomic E-state index is 4.46. The number of aromatic nitrogens is 1. The van der Waals surface area contributed by atoms with Gasteiger partial charge in [-0.05, 0) is 19.4 Å². The Labute approximate surface area is 76.2 Å². The molecule has 66 valence electrons. The Hall–Kier alpha value is -0.610. The summed E-state index contributed by atoms with van der Waals surface area (Å²) in [7, 11) is 1.91. The van der Waals surface area contributed by atoms with Crippen molar-refractivity contribution in [2.24, 2.45) is 0 Å². The summed E-state index contributed by atoms with van der Waals surface area (Å²) in [5, 5.41) is 9.62. The van der Waals surface area contributed by atoms with Gasteiger partial charge in [-0.15, -0.1) is 11.3 Å². The van der Waals surface area contributed by atoms with Crippen LogP contribution in [0.1, 0.15) is 24.6 Å². The Bertz CT molecular complexity index is 253. The van der Waals surface area contributed by atoms with Gasteiger partial charge in [-0.1, -0.05) is 0 Å². The highest BCUT2D eigenvalue weighted by molar-refractivity contribution is 7.13. The van der Waals surface area contributed by atoms with Gasteiger partial charge in [0.15, 0.2) is 5.13 Å². The molecule has 0 unspecified atom stereocenters. The van der Waals surface area contributed by atoms with Crippen LogP contribution in [0.4, 0.5) is 5.13 Å². The van der Waals surface area contributed by atoms with E-state index in [9.17, 15) is 0 Å². The Kier molecular flexibility index (Phi) is 2.28. The van der Waals surface area contributed by atoms with Crippen LogP contribution in [0.3, 0.4) is 0 Å². The fourth-order valence-corrected chi connectivity index (χ4v) is 2.22. The second-order valence-corrected chi connectivity index (χ2v) is 3.83. The van der Waals surface area contributed by atoms with Crippen LogP contribution in [-0.4, -0.2) is 18.6 Å². The zero-order chi connectivity index (χ0) is 8.39. The standard InChI is InChI=1S/C8H13N3S/c1-9-8-11-7(5-12-8)6-3-2-4-10-6/h5-6,10H,2-4H2,1H3,(H,9,11)/t6-/m0/s1. The SMILES string of the molecule is CNc1nc([C@@H]2CCCN2)cs1. The van der Waals surface area contributed by atoms with Gasteiger partial charge in [0.2, 0.25) is 0 Å². The molecule has 0 spiro atoms. The Morgan fingerprint density at radius 2 is 2.67 bits per heavy atom. The van der Waals surface area contributed by atoms with Gasteiger partial charge in [-0.25, -0.2) is 4.98 Å². The van der Waals surface area contributed by atoms with E-state index < -0.39 is 0 Å². The van der Waals surface area contributed by atoms with E-state index in [0.29, 0.717) is 6.04 Å². The predicted molar refractivity (Wildman–Crippen MR) is 51.6 cm³/mol. The number of hydrogen-bond donors (Lipinski definition) is 2. The minimum atomic E-state index is 0.503. The van der Waals surface area contributed by atoms with Crippen LogP contribution in [0.15, 0.2) is 5.38 Å². The minimum Gasteiger partial charge on any atom is -0.365 e. The Balaban J connectivity index is 2.11. The number of nitrogens with zero attached hydrogens (tertiary/aromatic N) is 1. The lowest BCUT2D eigenvalue weighted by Gasteiger charge is -2.04. The van der Waals surface area contributed by atoms with Crippen LogP contribution in [-0.2, 0) is 0 Å². The lowest BCUT2D eigenvalue weighted by molar-refractivity contribution is 0.632. The molecule has 0 aliphatic carbocycles. The first-order valence-electron chi connectivity index (χ1n) is 4.26. The summed E-state index contributed by atoms with van der Waals surface area (Å²) in [5.74, 6) is 0. The zero-order valence-corrected chi connectivity index (χ0v) is 7.95. The lowest BCUT2D eigenvalue weighted by Crippen LogP contribution is -2.13. The molecule has 1 fully saturated rings. The molecular weight excluding hydrogens is 170 g/mol. The highest BCUT2D eigenvalue weighted by Crippen LogP contribution is 2.25. The highest BCUT2D eigenvalue weighted by Gasteiger charge is 2.18. The molecule has 1 saturated heterocycles. The third-order valence-electron chi connectivity index (χ3n) is 2.15. The molecular formula is C8H13N3S. The second kappa shape index (κ2) is 3.41. The molecule has 0 aromatic carbocycles. The van der Waals surface area contributed by atoms with E-state index in [2.05, 4.69) is 21.0 Å². The van der Waals surface area contributed by atoms with E-state index in [1.807, 2.05) is 7.05 Å². The molecule has 1 aliphatic heterocycles. The van der Waals surface area contributed by atoms with Crippen LogP contribution in [0.25, 0.3) is 0 Å². The molecule has 4 heteroatoms. The average Bonchev–Trinajstić information content (AvgIpc) is 2.75. The average molecular weight is 183 g/mol. The molecule has 0 saturated carbocycles. The van der Waals surface area contributed by atoms with E-state index in [0.717, 1.165) is 11.7 Å². The second-order valence-electron chi connectivity index (χ2n) is 2.98.